The maximum absolute atomic E-state index is 12.5. The number of piperazine rings is 1. The third kappa shape index (κ3) is 3.28. The highest BCUT2D eigenvalue weighted by Gasteiger charge is 2.30. The van der Waals surface area contributed by atoms with Crippen molar-refractivity contribution in [1.82, 2.24) is 14.2 Å². The van der Waals surface area contributed by atoms with E-state index in [0.717, 1.165) is 0 Å². The minimum absolute atomic E-state index is 0.163. The fourth-order valence-corrected chi connectivity index (χ4v) is 4.19. The lowest BCUT2D eigenvalue weighted by Gasteiger charge is -2.34. The maximum Gasteiger partial charge on any atom is 0.255 e. The smallest absolute Gasteiger partial charge is 0.255 e. The van der Waals surface area contributed by atoms with Gasteiger partial charge in [0, 0.05) is 38.6 Å². The molecule has 0 atom stereocenters. The molecule has 6 nitrogen and oxygen atoms in total. The summed E-state index contributed by atoms with van der Waals surface area (Å²) in [6.07, 6.45) is 2.86. The van der Waals surface area contributed by atoms with Crippen molar-refractivity contribution in [2.24, 2.45) is 0 Å². The normalized spacial score (nSPS) is 16.1. The van der Waals surface area contributed by atoms with Crippen molar-refractivity contribution in [3.8, 4) is 0 Å². The zero-order valence-corrected chi connectivity index (χ0v) is 14.4. The van der Waals surface area contributed by atoms with Crippen LogP contribution >= 0.6 is 11.6 Å². The van der Waals surface area contributed by atoms with E-state index in [-0.39, 0.29) is 23.9 Å². The van der Waals surface area contributed by atoms with Crippen LogP contribution in [0.4, 0.5) is 0 Å². The van der Waals surface area contributed by atoms with Gasteiger partial charge in [-0.25, -0.2) is 8.42 Å². The van der Waals surface area contributed by atoms with Crippen LogP contribution in [-0.2, 0) is 10.0 Å². The summed E-state index contributed by atoms with van der Waals surface area (Å²) < 4.78 is 26.5. The topological polar surface area (TPSA) is 70.6 Å². The van der Waals surface area contributed by atoms with Crippen LogP contribution in [0.5, 0.6) is 0 Å². The van der Waals surface area contributed by atoms with Crippen molar-refractivity contribution < 1.29 is 13.2 Å². The van der Waals surface area contributed by atoms with Crippen LogP contribution in [0.15, 0.2) is 53.7 Å². The molecular formula is C16H16ClN3O3S. The Balaban J connectivity index is 1.70. The third-order valence-corrected chi connectivity index (χ3v) is 6.11. The first-order chi connectivity index (χ1) is 11.5. The first kappa shape index (κ1) is 16.9. The lowest BCUT2D eigenvalue weighted by atomic mass is 10.2. The number of pyridine rings is 1. The quantitative estimate of drug-likeness (QED) is 0.832. The van der Waals surface area contributed by atoms with E-state index in [4.69, 9.17) is 11.6 Å². The fraction of sp³-hybridized carbons (Fsp3) is 0.250. The molecule has 0 N–H and O–H groups in total. The van der Waals surface area contributed by atoms with Crippen molar-refractivity contribution in [2.45, 2.75) is 4.90 Å². The number of hydrogen-bond donors (Lipinski definition) is 0. The number of nitrogens with zero attached hydrogens (tertiary/aromatic N) is 3. The van der Waals surface area contributed by atoms with E-state index in [2.05, 4.69) is 4.98 Å². The highest BCUT2D eigenvalue weighted by molar-refractivity contribution is 7.89. The van der Waals surface area contributed by atoms with Gasteiger partial charge in [-0.3, -0.25) is 9.78 Å². The van der Waals surface area contributed by atoms with Gasteiger partial charge in [0.1, 0.15) is 4.90 Å². The van der Waals surface area contributed by atoms with Gasteiger partial charge in [-0.2, -0.15) is 4.31 Å². The van der Waals surface area contributed by atoms with Crippen LogP contribution in [0.2, 0.25) is 5.02 Å². The van der Waals surface area contributed by atoms with Gasteiger partial charge in [0.15, 0.2) is 0 Å². The molecule has 24 heavy (non-hydrogen) atoms. The van der Waals surface area contributed by atoms with Gasteiger partial charge >= 0.3 is 0 Å². The Bertz CT molecular complexity index is 835. The van der Waals surface area contributed by atoms with Crippen LogP contribution in [-0.4, -0.2) is 54.7 Å². The molecule has 8 heteroatoms. The van der Waals surface area contributed by atoms with Gasteiger partial charge in [-0.1, -0.05) is 23.7 Å². The molecule has 0 saturated carbocycles. The Labute approximate surface area is 145 Å². The zero-order valence-electron chi connectivity index (χ0n) is 12.8. The Hall–Kier alpha value is -1.96. The number of hydrogen-bond acceptors (Lipinski definition) is 4. The van der Waals surface area contributed by atoms with Crippen LogP contribution in [0, 0.1) is 0 Å². The maximum atomic E-state index is 12.5. The third-order valence-electron chi connectivity index (χ3n) is 3.90. The Morgan fingerprint density at radius 3 is 2.38 bits per heavy atom. The fourth-order valence-electron chi connectivity index (χ4n) is 2.59. The summed E-state index contributed by atoms with van der Waals surface area (Å²) in [5, 5.41) is 0.396. The van der Waals surface area contributed by atoms with Gasteiger partial charge in [0.25, 0.3) is 5.91 Å². The van der Waals surface area contributed by atoms with Crippen molar-refractivity contribution in [3.63, 3.8) is 0 Å². The van der Waals surface area contributed by atoms with Crippen molar-refractivity contribution in [3.05, 3.63) is 59.4 Å². The van der Waals surface area contributed by atoms with Crippen molar-refractivity contribution in [2.75, 3.05) is 26.2 Å². The molecule has 0 spiro atoms. The monoisotopic (exact) mass is 365 g/mol. The zero-order chi connectivity index (χ0) is 17.2. The highest BCUT2D eigenvalue weighted by atomic mass is 35.5. The van der Waals surface area contributed by atoms with E-state index in [9.17, 15) is 13.2 Å². The first-order valence-electron chi connectivity index (χ1n) is 7.44. The van der Waals surface area contributed by atoms with E-state index >= 15 is 0 Å². The molecule has 1 aliphatic rings. The SMILES string of the molecule is O=C(c1ccccc1Cl)N1CCN(S(=O)(=O)c2cccnc2)CC1. The number of carbonyl (C=O) groups is 1. The average molecular weight is 366 g/mol. The molecule has 2 aromatic rings. The summed E-state index contributed by atoms with van der Waals surface area (Å²) in [4.78, 5) is 18.1. The molecule has 1 amide bonds. The summed E-state index contributed by atoms with van der Waals surface area (Å²) in [7, 11) is -3.58. The van der Waals surface area contributed by atoms with Crippen LogP contribution < -0.4 is 0 Å². The molecule has 3 rings (SSSR count). The molecule has 1 fully saturated rings. The standard InChI is InChI=1S/C16H16ClN3O3S/c17-15-6-2-1-5-14(15)16(21)19-8-10-20(11-9-19)24(22,23)13-4-3-7-18-12-13/h1-7,12H,8-11H2. The first-order valence-corrected chi connectivity index (χ1v) is 9.26. The lowest BCUT2D eigenvalue weighted by Crippen LogP contribution is -2.50. The summed E-state index contributed by atoms with van der Waals surface area (Å²) in [6, 6.07) is 9.95. The average Bonchev–Trinajstić information content (AvgIpc) is 2.62. The summed E-state index contributed by atoms with van der Waals surface area (Å²) in [5.41, 5.74) is 0.433. The van der Waals surface area contributed by atoms with Crippen LogP contribution in [0.3, 0.4) is 0 Å². The minimum atomic E-state index is -3.58. The van der Waals surface area contributed by atoms with Gasteiger partial charge < -0.3 is 4.90 Å². The molecule has 1 aliphatic heterocycles. The molecule has 0 unspecified atom stereocenters. The predicted molar refractivity (Wildman–Crippen MR) is 90.4 cm³/mol. The Kier molecular flexibility index (Phi) is 4.84. The summed E-state index contributed by atoms with van der Waals surface area (Å²) >= 11 is 6.06. The molecule has 126 valence electrons. The van der Waals surface area contributed by atoms with Crippen LogP contribution in [0.25, 0.3) is 0 Å². The Morgan fingerprint density at radius 2 is 1.75 bits per heavy atom. The molecular weight excluding hydrogens is 350 g/mol. The van der Waals surface area contributed by atoms with E-state index < -0.39 is 10.0 Å². The second-order valence-corrected chi connectivity index (χ2v) is 7.71. The van der Waals surface area contributed by atoms with E-state index in [1.54, 1.807) is 35.2 Å². The second-order valence-electron chi connectivity index (χ2n) is 5.36. The number of aromatic nitrogens is 1. The van der Waals surface area contributed by atoms with Gasteiger partial charge in [-0.15, -0.1) is 0 Å². The molecule has 1 aromatic carbocycles. The number of rotatable bonds is 3. The molecule has 0 bridgehead atoms. The van der Waals surface area contributed by atoms with E-state index in [1.807, 2.05) is 0 Å². The van der Waals surface area contributed by atoms with Crippen molar-refractivity contribution >= 4 is 27.5 Å². The number of sulfonamides is 1. The molecule has 1 aromatic heterocycles. The molecule has 0 radical (unpaired) electrons. The van der Waals surface area contributed by atoms with Crippen molar-refractivity contribution in [1.29, 1.82) is 0 Å². The summed E-state index contributed by atoms with van der Waals surface area (Å²) in [5.74, 6) is -0.181. The largest absolute Gasteiger partial charge is 0.336 e. The Morgan fingerprint density at radius 1 is 1.04 bits per heavy atom. The number of benzene rings is 1. The molecule has 2 heterocycles. The minimum Gasteiger partial charge on any atom is -0.336 e. The molecule has 1 saturated heterocycles. The highest BCUT2D eigenvalue weighted by Crippen LogP contribution is 2.20. The van der Waals surface area contributed by atoms with Gasteiger partial charge in [0.05, 0.1) is 10.6 Å². The summed E-state index contributed by atoms with van der Waals surface area (Å²) in [6.45, 7) is 1.13. The predicted octanol–water partition coefficient (Wildman–Crippen LogP) is 1.88. The molecule has 0 aliphatic carbocycles. The second kappa shape index (κ2) is 6.88. The lowest BCUT2D eigenvalue weighted by molar-refractivity contribution is 0.0698. The van der Waals surface area contributed by atoms with Crippen LogP contribution in [0.1, 0.15) is 10.4 Å². The van der Waals surface area contributed by atoms with Gasteiger partial charge in [-0.05, 0) is 24.3 Å². The van der Waals surface area contributed by atoms with E-state index in [0.29, 0.717) is 23.7 Å². The van der Waals surface area contributed by atoms with Gasteiger partial charge in [0.2, 0.25) is 10.0 Å². The number of amides is 1. The number of carbonyl (C=O) groups excluding carboxylic acids is 1. The number of halogens is 1. The van der Waals surface area contributed by atoms with E-state index in [1.165, 1.54) is 22.8 Å².